The van der Waals surface area contributed by atoms with Crippen LogP contribution in [-0.2, 0) is 9.59 Å². The molecule has 6 aliphatic heterocycles. The molecule has 0 radical (unpaired) electrons. The van der Waals surface area contributed by atoms with Crippen molar-refractivity contribution in [1.29, 1.82) is 0 Å². The second kappa shape index (κ2) is 14.2. The van der Waals surface area contributed by atoms with Crippen LogP contribution < -0.4 is 20.4 Å². The zero-order valence-electron chi connectivity index (χ0n) is 30.9. The van der Waals surface area contributed by atoms with Crippen LogP contribution >= 0.6 is 0 Å². The average Bonchev–Trinajstić information content (AvgIpc) is 3.72. The number of hydrogen-bond donors (Lipinski definition) is 3. The first kappa shape index (κ1) is 35.5. The Hall–Kier alpha value is -5.15. The summed E-state index contributed by atoms with van der Waals surface area (Å²) >= 11 is 0. The number of anilines is 3. The Balaban J connectivity index is 0.000000157. The molecule has 14 nitrogen and oxygen atoms in total. The molecule has 4 unspecified atom stereocenters. The van der Waals surface area contributed by atoms with Gasteiger partial charge in [0.05, 0.1) is 34.2 Å². The van der Waals surface area contributed by atoms with E-state index in [1.54, 1.807) is 6.07 Å². The molecule has 288 valence electrons. The van der Waals surface area contributed by atoms with Crippen molar-refractivity contribution in [3.63, 3.8) is 0 Å². The molecular weight excluding hydrogens is 705 g/mol. The van der Waals surface area contributed by atoms with Crippen molar-refractivity contribution in [1.82, 2.24) is 30.2 Å². The molecule has 3 N–H and O–H groups in total. The number of nitrogens with zero attached hydrogens (tertiary/aromatic N) is 7. The maximum atomic E-state index is 15.0. The van der Waals surface area contributed by atoms with Gasteiger partial charge in [0, 0.05) is 70.9 Å². The van der Waals surface area contributed by atoms with Crippen molar-refractivity contribution in [2.75, 3.05) is 81.1 Å². The lowest BCUT2D eigenvalue weighted by atomic mass is 9.95. The Morgan fingerprint density at radius 2 is 1.60 bits per heavy atom. The Morgan fingerprint density at radius 3 is 2.35 bits per heavy atom. The van der Waals surface area contributed by atoms with Gasteiger partial charge >= 0.3 is 0 Å². The number of hydrogen-bond acceptors (Lipinski definition) is 12. The third-order valence-corrected chi connectivity index (χ3v) is 12.5. The number of halogens is 1. The second-order valence-corrected chi connectivity index (χ2v) is 16.2. The first-order valence-electron chi connectivity index (χ1n) is 19.5. The summed E-state index contributed by atoms with van der Waals surface area (Å²) in [7, 11) is 2.16. The van der Waals surface area contributed by atoms with E-state index in [4.69, 9.17) is 0 Å². The average molecular weight is 752 g/mol. The molecule has 5 fully saturated rings. The number of aromatic hydroxyl groups is 1. The second-order valence-electron chi connectivity index (χ2n) is 16.2. The Kier molecular flexibility index (Phi) is 9.16. The van der Waals surface area contributed by atoms with Gasteiger partial charge < -0.3 is 30.0 Å². The van der Waals surface area contributed by atoms with Gasteiger partial charge in [-0.3, -0.25) is 29.4 Å². The van der Waals surface area contributed by atoms with E-state index in [0.717, 1.165) is 79.9 Å². The number of fused-ring (bicyclic) bond motifs is 5. The van der Waals surface area contributed by atoms with Crippen molar-refractivity contribution >= 4 is 40.8 Å². The van der Waals surface area contributed by atoms with Gasteiger partial charge in [0.25, 0.3) is 11.8 Å². The first-order chi connectivity index (χ1) is 26.6. The van der Waals surface area contributed by atoms with E-state index in [0.29, 0.717) is 42.0 Å². The van der Waals surface area contributed by atoms with Gasteiger partial charge in [0.2, 0.25) is 11.8 Å². The number of phenols is 1. The fraction of sp³-hybridized carbons (Fsp3) is 0.500. The highest BCUT2D eigenvalue weighted by atomic mass is 19.1. The van der Waals surface area contributed by atoms with Crippen molar-refractivity contribution in [2.45, 2.75) is 44.2 Å². The summed E-state index contributed by atoms with van der Waals surface area (Å²) in [4.78, 5) is 59.7. The fourth-order valence-corrected chi connectivity index (χ4v) is 9.35. The number of benzene rings is 2. The number of piperidine rings is 3. The lowest BCUT2D eigenvalue weighted by Gasteiger charge is -2.44. The minimum absolute atomic E-state index is 0.0200. The fourth-order valence-electron chi connectivity index (χ4n) is 9.35. The lowest BCUT2D eigenvalue weighted by molar-refractivity contribution is -0.136. The molecule has 1 aliphatic carbocycles. The number of para-hydroxylation sites is 1. The van der Waals surface area contributed by atoms with Crippen LogP contribution in [0.5, 0.6) is 5.75 Å². The maximum absolute atomic E-state index is 15.0. The zero-order chi connectivity index (χ0) is 38.0. The molecule has 4 saturated heterocycles. The van der Waals surface area contributed by atoms with Crippen LogP contribution in [0.15, 0.2) is 42.5 Å². The van der Waals surface area contributed by atoms with Gasteiger partial charge in [-0.25, -0.2) is 4.39 Å². The Bertz CT molecular complexity index is 2050. The number of carbonyl (C=O) groups excluding carboxylic acids is 4. The number of aromatic nitrogens is 2. The highest BCUT2D eigenvalue weighted by molar-refractivity contribution is 6.23. The van der Waals surface area contributed by atoms with Gasteiger partial charge in [0.15, 0.2) is 5.82 Å². The van der Waals surface area contributed by atoms with E-state index < -0.39 is 35.5 Å². The number of likely N-dealkylation sites (tertiary alicyclic amines) is 1. The summed E-state index contributed by atoms with van der Waals surface area (Å²) in [5.74, 6) is 0.600. The smallest absolute Gasteiger partial charge is 0.262 e. The van der Waals surface area contributed by atoms with Crippen LogP contribution in [0.3, 0.4) is 0 Å². The van der Waals surface area contributed by atoms with Crippen LogP contribution in [0.1, 0.15) is 52.8 Å². The number of imide groups is 2. The molecule has 4 amide bonds. The van der Waals surface area contributed by atoms with Crippen molar-refractivity contribution in [3.05, 3.63) is 59.4 Å². The Morgan fingerprint density at radius 1 is 0.855 bits per heavy atom. The highest BCUT2D eigenvalue weighted by Gasteiger charge is 2.47. The SMILES string of the molecule is CN1CCN2c3cc(-c4ccccc4O)nnc3NCC2C1.O=C1CCC(N2C(=O)c3cc(F)c(N4CCC(CN5CC6CC6C5)CC4)cc3C2=O)C(=O)N1. The largest absolute Gasteiger partial charge is 0.507 e. The van der Waals surface area contributed by atoms with Gasteiger partial charge in [-0.05, 0) is 80.8 Å². The molecule has 4 atom stereocenters. The summed E-state index contributed by atoms with van der Waals surface area (Å²) < 4.78 is 15.0. The molecule has 1 saturated carbocycles. The van der Waals surface area contributed by atoms with E-state index in [9.17, 15) is 24.3 Å². The molecule has 2 aromatic carbocycles. The molecule has 10 rings (SSSR count). The highest BCUT2D eigenvalue weighted by Crippen LogP contribution is 2.45. The molecule has 7 heterocycles. The quantitative estimate of drug-likeness (QED) is 0.329. The summed E-state index contributed by atoms with van der Waals surface area (Å²) in [6, 6.07) is 11.3. The molecule has 0 spiro atoms. The van der Waals surface area contributed by atoms with Crippen molar-refractivity contribution in [3.8, 4) is 17.0 Å². The minimum Gasteiger partial charge on any atom is -0.507 e. The number of nitrogens with one attached hydrogen (secondary N) is 2. The number of rotatable bonds is 5. The molecule has 15 heteroatoms. The molecule has 1 aromatic heterocycles. The molecule has 0 bridgehead atoms. The topological polar surface area (TPSA) is 155 Å². The molecule has 7 aliphatic rings. The van der Waals surface area contributed by atoms with E-state index in [-0.39, 0.29) is 29.7 Å². The number of amides is 4. The first-order valence-corrected chi connectivity index (χ1v) is 19.5. The molecular formula is C40H46FN9O5. The third kappa shape index (κ3) is 6.77. The number of likely N-dealkylation sites (N-methyl/N-ethyl adjacent to an activating group) is 1. The molecule has 3 aromatic rings. The van der Waals surface area contributed by atoms with Crippen molar-refractivity contribution < 1.29 is 28.7 Å². The summed E-state index contributed by atoms with van der Waals surface area (Å²) in [5, 5.41) is 24.2. The summed E-state index contributed by atoms with van der Waals surface area (Å²) in [5.41, 5.74) is 2.94. The van der Waals surface area contributed by atoms with E-state index in [1.165, 1.54) is 25.6 Å². The van der Waals surface area contributed by atoms with Crippen LogP contribution in [-0.4, -0.2) is 132 Å². The van der Waals surface area contributed by atoms with Crippen LogP contribution in [0.4, 0.5) is 21.6 Å². The van der Waals surface area contributed by atoms with Crippen molar-refractivity contribution in [2.24, 2.45) is 17.8 Å². The third-order valence-electron chi connectivity index (χ3n) is 12.5. The molecule has 55 heavy (non-hydrogen) atoms. The van der Waals surface area contributed by atoms with Crippen LogP contribution in [0, 0.1) is 23.6 Å². The van der Waals surface area contributed by atoms with Crippen LogP contribution in [0.2, 0.25) is 0 Å². The van der Waals surface area contributed by atoms with E-state index in [2.05, 4.69) is 42.6 Å². The standard InChI is InChI=1S/C24H27FN4O4.C16H19N5O/c25-18-8-16-17(24(33)29(23(16)32)19-1-2-21(30)26-22(19)31)9-20(18)28-5-3-13(4-6-28)10-27-11-14-7-15(14)12-27;1-20-6-7-21-11(10-20)9-17-16-14(21)8-13(18-19-16)12-4-2-3-5-15(12)22/h8-9,13-15,19H,1-7,10-12H2,(H,26,30,31);2-5,8,11,22H,6-7,9-10H2,1H3,(H,17,19). The van der Waals surface area contributed by atoms with E-state index >= 15 is 4.39 Å². The predicted octanol–water partition coefficient (Wildman–Crippen LogP) is 2.79. The summed E-state index contributed by atoms with van der Waals surface area (Å²) in [6.07, 6.45) is 3.47. The number of carbonyl (C=O) groups is 4. The lowest BCUT2D eigenvalue weighted by Crippen LogP contribution is -2.56. The number of phenolic OH excluding ortho intramolecular Hbond substituents is 1. The minimum atomic E-state index is -1.05. The maximum Gasteiger partial charge on any atom is 0.262 e. The van der Waals surface area contributed by atoms with Gasteiger partial charge in [-0.1, -0.05) is 12.1 Å². The Labute approximate surface area is 318 Å². The van der Waals surface area contributed by atoms with E-state index in [1.807, 2.05) is 29.2 Å². The van der Waals surface area contributed by atoms with Gasteiger partial charge in [-0.15, -0.1) is 10.2 Å². The predicted molar refractivity (Wildman–Crippen MR) is 202 cm³/mol. The summed E-state index contributed by atoms with van der Waals surface area (Å²) in [6.45, 7) is 8.95. The van der Waals surface area contributed by atoms with Crippen LogP contribution in [0.25, 0.3) is 11.3 Å². The normalized spacial score (nSPS) is 26.4. The number of piperazine rings is 1. The zero-order valence-corrected chi connectivity index (χ0v) is 30.9. The van der Waals surface area contributed by atoms with Gasteiger partial charge in [0.1, 0.15) is 17.6 Å². The monoisotopic (exact) mass is 751 g/mol. The van der Waals surface area contributed by atoms with Gasteiger partial charge in [-0.2, -0.15) is 0 Å².